The van der Waals surface area contributed by atoms with Crippen LogP contribution in [0.5, 0.6) is 0 Å². The van der Waals surface area contributed by atoms with Crippen molar-refractivity contribution in [3.8, 4) is 0 Å². The lowest BCUT2D eigenvalue weighted by atomic mass is 9.73. The number of alkyl halides is 1. The number of aryl methyl sites for hydroxylation is 1. The fourth-order valence-corrected chi connectivity index (χ4v) is 5.82. The number of hydrogen-bond acceptors (Lipinski definition) is 7. The van der Waals surface area contributed by atoms with Crippen molar-refractivity contribution in [3.63, 3.8) is 0 Å². The third kappa shape index (κ3) is 6.72. The van der Waals surface area contributed by atoms with Crippen LogP contribution in [0.4, 0.5) is 0 Å². The Kier molecular flexibility index (Phi) is 8.86. The van der Waals surface area contributed by atoms with Gasteiger partial charge in [-0.3, -0.25) is 9.59 Å². The van der Waals surface area contributed by atoms with Crippen molar-refractivity contribution < 1.29 is 24.5 Å². The van der Waals surface area contributed by atoms with Crippen LogP contribution in [0.25, 0.3) is 6.08 Å². The van der Waals surface area contributed by atoms with Gasteiger partial charge in [0.15, 0.2) is 5.06 Å². The number of rotatable bonds is 2. The number of Topliss-reactive ketones (excluding diaryl/α,β-unsaturated/α-hetero) is 1. The van der Waals surface area contributed by atoms with Gasteiger partial charge < -0.3 is 20.3 Å². The molecule has 3 N–H and O–H groups in total. The molecular weight excluding hydrogens is 488 g/mol. The normalized spacial score (nSPS) is 37.5. The highest BCUT2D eigenvalue weighted by molar-refractivity contribution is 7.09. The van der Waals surface area contributed by atoms with E-state index in [1.54, 1.807) is 32.1 Å². The molecule has 2 saturated heterocycles. The summed E-state index contributed by atoms with van der Waals surface area (Å²) in [5.41, 5.74) is 0.556. The second-order valence-electron chi connectivity index (χ2n) is 10.9. The van der Waals surface area contributed by atoms with Crippen LogP contribution in [-0.2, 0) is 14.3 Å². The van der Waals surface area contributed by atoms with Crippen molar-refractivity contribution in [3.05, 3.63) is 21.7 Å². The molecule has 1 amide bonds. The van der Waals surface area contributed by atoms with Crippen molar-refractivity contribution in [2.45, 2.75) is 103 Å². The smallest absolute Gasteiger partial charge is 0.223 e. The van der Waals surface area contributed by atoms with Gasteiger partial charge >= 0.3 is 0 Å². The largest absolute Gasteiger partial charge is 0.392 e. The van der Waals surface area contributed by atoms with Crippen LogP contribution in [0.2, 0.25) is 0 Å². The maximum Gasteiger partial charge on any atom is 0.223 e. The van der Waals surface area contributed by atoms with Crippen LogP contribution in [0.1, 0.15) is 77.4 Å². The lowest BCUT2D eigenvalue weighted by molar-refractivity contribution is -0.143. The van der Waals surface area contributed by atoms with Gasteiger partial charge in [0.25, 0.3) is 0 Å². The number of carbonyl (C=O) groups excluding carboxylic acids is 2. The Balaban J connectivity index is 1.85. The van der Waals surface area contributed by atoms with Crippen molar-refractivity contribution >= 4 is 40.7 Å². The fourth-order valence-electron chi connectivity index (χ4n) is 4.92. The number of epoxide rings is 1. The van der Waals surface area contributed by atoms with Gasteiger partial charge in [0.2, 0.25) is 5.91 Å². The minimum Gasteiger partial charge on any atom is -0.392 e. The Labute approximate surface area is 217 Å². The summed E-state index contributed by atoms with van der Waals surface area (Å²) in [4.78, 5) is 30.7. The Morgan fingerprint density at radius 2 is 2.00 bits per heavy atom. The lowest BCUT2D eigenvalue weighted by Crippen LogP contribution is -2.47. The standard InChI is InChI=1S/C26H39ClN2O5S/c1-14-8-7-9-26(27)21(34-26)11-19(15(2)10-18-13-35-17(4)28-18)29-22(31)12-20(30)25(5,6)24(33)16(3)23(14)32/h10,13-14,16,19-21,23,30,32H,7-9,11-12H2,1-6H3,(H,29,31)/t14-,16+,19-,20-,21-,23-,26+/m0/s1. The number of aromatic nitrogens is 1. The van der Waals surface area contributed by atoms with E-state index < -0.39 is 28.6 Å². The highest BCUT2D eigenvalue weighted by atomic mass is 35.5. The lowest BCUT2D eigenvalue weighted by Gasteiger charge is -2.34. The summed E-state index contributed by atoms with van der Waals surface area (Å²) >= 11 is 8.28. The topological polar surface area (TPSA) is 112 Å². The first-order chi connectivity index (χ1) is 16.2. The number of carbonyl (C=O) groups is 2. The molecule has 2 aliphatic rings. The Hall–Kier alpha value is -1.32. The van der Waals surface area contributed by atoms with E-state index in [9.17, 15) is 19.8 Å². The molecule has 196 valence electrons. The van der Waals surface area contributed by atoms with Crippen LogP contribution in [0.15, 0.2) is 11.0 Å². The highest BCUT2D eigenvalue weighted by Gasteiger charge is 2.55. The highest BCUT2D eigenvalue weighted by Crippen LogP contribution is 2.48. The van der Waals surface area contributed by atoms with E-state index in [1.165, 1.54) is 0 Å². The third-order valence-corrected chi connectivity index (χ3v) is 8.95. The maximum atomic E-state index is 13.2. The summed E-state index contributed by atoms with van der Waals surface area (Å²) in [6.07, 6.45) is 2.03. The molecule has 35 heavy (non-hydrogen) atoms. The maximum absolute atomic E-state index is 13.2. The van der Waals surface area contributed by atoms with Crippen LogP contribution < -0.4 is 5.32 Å². The molecule has 3 rings (SSSR count). The molecule has 0 aromatic carbocycles. The van der Waals surface area contributed by atoms with E-state index in [0.29, 0.717) is 19.3 Å². The van der Waals surface area contributed by atoms with Gasteiger partial charge in [0.1, 0.15) is 11.9 Å². The van der Waals surface area contributed by atoms with Crippen molar-refractivity contribution in [1.82, 2.24) is 10.3 Å². The quantitative estimate of drug-likeness (QED) is 0.393. The number of amides is 1. The van der Waals surface area contributed by atoms with E-state index in [0.717, 1.165) is 22.7 Å². The molecule has 0 spiro atoms. The minimum absolute atomic E-state index is 0.116. The van der Waals surface area contributed by atoms with E-state index in [4.69, 9.17) is 16.3 Å². The zero-order chi connectivity index (χ0) is 26.1. The summed E-state index contributed by atoms with van der Waals surface area (Å²) in [6.45, 7) is 10.8. The minimum atomic E-state index is -1.19. The summed E-state index contributed by atoms with van der Waals surface area (Å²) in [5.74, 6) is -1.40. The van der Waals surface area contributed by atoms with Gasteiger partial charge in [-0.25, -0.2) is 4.98 Å². The second-order valence-corrected chi connectivity index (χ2v) is 12.6. The van der Waals surface area contributed by atoms with Crippen molar-refractivity contribution in [1.29, 1.82) is 0 Å². The number of hydrogen-bond donors (Lipinski definition) is 3. The molecule has 0 aliphatic carbocycles. The predicted octanol–water partition coefficient (Wildman–Crippen LogP) is 4.23. The summed E-state index contributed by atoms with van der Waals surface area (Å²) in [5, 5.41) is 26.8. The predicted molar refractivity (Wildman–Crippen MR) is 138 cm³/mol. The zero-order valence-electron chi connectivity index (χ0n) is 21.5. The fraction of sp³-hybridized carbons (Fsp3) is 0.731. The van der Waals surface area contributed by atoms with Crippen LogP contribution in [0, 0.1) is 24.2 Å². The Bertz CT molecular complexity index is 963. The van der Waals surface area contributed by atoms with Crippen LogP contribution in [-0.4, -0.2) is 56.3 Å². The van der Waals surface area contributed by atoms with Gasteiger partial charge in [-0.2, -0.15) is 0 Å². The van der Waals surface area contributed by atoms with E-state index in [-0.39, 0.29) is 36.2 Å². The number of aliphatic hydroxyl groups excluding tert-OH is 2. The molecule has 0 radical (unpaired) electrons. The number of aliphatic hydroxyl groups is 2. The van der Waals surface area contributed by atoms with E-state index >= 15 is 0 Å². The van der Waals surface area contributed by atoms with E-state index in [1.807, 2.05) is 32.2 Å². The average molecular weight is 527 g/mol. The molecule has 7 nitrogen and oxygen atoms in total. The Morgan fingerprint density at radius 3 is 2.63 bits per heavy atom. The van der Waals surface area contributed by atoms with Gasteiger partial charge in [-0.05, 0) is 50.7 Å². The van der Waals surface area contributed by atoms with Crippen molar-refractivity contribution in [2.24, 2.45) is 17.3 Å². The molecule has 2 fully saturated rings. The molecule has 1 aromatic rings. The number of thiazole rings is 1. The molecule has 1 aromatic heterocycles. The van der Waals surface area contributed by atoms with Gasteiger partial charge in [-0.1, -0.05) is 39.3 Å². The number of halogens is 1. The van der Waals surface area contributed by atoms with Gasteiger partial charge in [0, 0.05) is 17.7 Å². The van der Waals surface area contributed by atoms with Crippen LogP contribution >= 0.6 is 22.9 Å². The number of nitrogens with one attached hydrogen (secondary N) is 1. The summed E-state index contributed by atoms with van der Waals surface area (Å²) in [7, 11) is 0. The third-order valence-electron chi connectivity index (χ3n) is 7.64. The first-order valence-electron chi connectivity index (χ1n) is 12.4. The SMILES string of the molecule is CC(=Cc1csc(C)n1)[C@@H]1C[C@@H]2O[C@]2(Cl)CCC[C@H](C)[C@H](O)[C@@H](C)C(=O)C(C)(C)[C@@H](O)CC(=O)N1. The molecule has 9 heteroatoms. The summed E-state index contributed by atoms with van der Waals surface area (Å²) < 4.78 is 5.86. The van der Waals surface area contributed by atoms with Gasteiger partial charge in [-0.15, -0.1) is 11.3 Å². The van der Waals surface area contributed by atoms with Crippen LogP contribution in [0.3, 0.4) is 0 Å². The molecule has 3 heterocycles. The number of ether oxygens (including phenoxy) is 1. The summed E-state index contributed by atoms with van der Waals surface area (Å²) in [6, 6.07) is -0.353. The molecule has 7 atom stereocenters. The first-order valence-corrected chi connectivity index (χ1v) is 13.7. The molecule has 2 aliphatic heterocycles. The number of ketones is 1. The molecule has 0 unspecified atom stereocenters. The molecule has 0 bridgehead atoms. The van der Waals surface area contributed by atoms with Gasteiger partial charge in [0.05, 0.1) is 40.8 Å². The molecular formula is C26H39ClN2O5S. The first kappa shape index (κ1) is 28.3. The monoisotopic (exact) mass is 526 g/mol. The van der Waals surface area contributed by atoms with Crippen molar-refractivity contribution in [2.75, 3.05) is 0 Å². The number of nitrogens with zero attached hydrogens (tertiary/aromatic N) is 1. The molecule has 0 saturated carbocycles. The Morgan fingerprint density at radius 1 is 1.31 bits per heavy atom. The average Bonchev–Trinajstić information content (AvgIpc) is 3.22. The second kappa shape index (κ2) is 11.0. The number of fused-ring (bicyclic) bond motifs is 1. The zero-order valence-corrected chi connectivity index (χ0v) is 23.1. The van der Waals surface area contributed by atoms with E-state index in [2.05, 4.69) is 10.3 Å².